The predicted octanol–water partition coefficient (Wildman–Crippen LogP) is 2.89. The first-order valence-corrected chi connectivity index (χ1v) is 7.48. The van der Waals surface area contributed by atoms with Crippen molar-refractivity contribution in [2.75, 3.05) is 32.7 Å². The Morgan fingerprint density at radius 3 is 2.65 bits per heavy atom. The number of hydrogen-bond acceptors (Lipinski definition) is 2. The Balaban J connectivity index is 1.88. The highest BCUT2D eigenvalue weighted by atomic mass is 15.2. The van der Waals surface area contributed by atoms with Gasteiger partial charge in [0.2, 0.25) is 0 Å². The summed E-state index contributed by atoms with van der Waals surface area (Å²) >= 11 is 0. The van der Waals surface area contributed by atoms with Crippen LogP contribution in [-0.4, -0.2) is 37.6 Å². The van der Waals surface area contributed by atoms with Gasteiger partial charge in [-0.2, -0.15) is 0 Å². The fourth-order valence-corrected chi connectivity index (χ4v) is 3.91. The first-order chi connectivity index (χ1) is 8.05. The molecule has 1 N–H and O–H groups in total. The van der Waals surface area contributed by atoms with E-state index in [1.165, 1.54) is 64.8 Å². The molecule has 2 heterocycles. The highest BCUT2D eigenvalue weighted by Crippen LogP contribution is 2.36. The Hall–Kier alpha value is -0.0800. The molecule has 0 aliphatic carbocycles. The highest BCUT2D eigenvalue weighted by Gasteiger charge is 2.35. The predicted molar refractivity (Wildman–Crippen MR) is 74.3 cm³/mol. The summed E-state index contributed by atoms with van der Waals surface area (Å²) in [6, 6.07) is 0. The summed E-state index contributed by atoms with van der Waals surface area (Å²) in [5.41, 5.74) is 1.12. The van der Waals surface area contributed by atoms with Crippen molar-refractivity contribution in [3.05, 3.63) is 0 Å². The zero-order valence-electron chi connectivity index (χ0n) is 12.0. The monoisotopic (exact) mass is 238 g/mol. The van der Waals surface area contributed by atoms with Crippen LogP contribution in [0.4, 0.5) is 0 Å². The second kappa shape index (κ2) is 5.27. The first kappa shape index (κ1) is 13.4. The highest BCUT2D eigenvalue weighted by molar-refractivity contribution is 4.90. The molecule has 2 aliphatic heterocycles. The zero-order valence-corrected chi connectivity index (χ0v) is 12.0. The maximum atomic E-state index is 3.52. The average Bonchev–Trinajstić information content (AvgIpc) is 2.64. The molecule has 0 aromatic rings. The fourth-order valence-electron chi connectivity index (χ4n) is 3.91. The van der Waals surface area contributed by atoms with Gasteiger partial charge >= 0.3 is 0 Å². The van der Waals surface area contributed by atoms with E-state index in [9.17, 15) is 0 Å². The van der Waals surface area contributed by atoms with Crippen molar-refractivity contribution in [3.8, 4) is 0 Å². The van der Waals surface area contributed by atoms with Crippen molar-refractivity contribution in [1.82, 2.24) is 10.2 Å². The van der Waals surface area contributed by atoms with Crippen LogP contribution >= 0.6 is 0 Å². The van der Waals surface area contributed by atoms with Gasteiger partial charge in [-0.3, -0.25) is 0 Å². The number of piperidine rings is 1. The third-order valence-corrected chi connectivity index (χ3v) is 4.78. The van der Waals surface area contributed by atoms with Crippen molar-refractivity contribution in [1.29, 1.82) is 0 Å². The molecule has 0 radical (unpaired) electrons. The Labute approximate surface area is 107 Å². The van der Waals surface area contributed by atoms with Crippen LogP contribution in [0.1, 0.15) is 52.9 Å². The lowest BCUT2D eigenvalue weighted by molar-refractivity contribution is 0.0645. The maximum absolute atomic E-state index is 3.52. The van der Waals surface area contributed by atoms with Crippen LogP contribution in [0.25, 0.3) is 0 Å². The minimum Gasteiger partial charge on any atom is -0.316 e. The summed E-state index contributed by atoms with van der Waals surface area (Å²) in [6.45, 7) is 13.7. The summed E-state index contributed by atoms with van der Waals surface area (Å²) < 4.78 is 0. The van der Waals surface area contributed by atoms with Crippen molar-refractivity contribution in [3.63, 3.8) is 0 Å². The molecule has 100 valence electrons. The number of likely N-dealkylation sites (tertiary alicyclic amines) is 1. The summed E-state index contributed by atoms with van der Waals surface area (Å²) in [5, 5.41) is 3.52. The summed E-state index contributed by atoms with van der Waals surface area (Å²) in [6.07, 6.45) is 6.93. The van der Waals surface area contributed by atoms with Crippen molar-refractivity contribution >= 4 is 0 Å². The molecule has 0 spiro atoms. The molecule has 2 rings (SSSR count). The third-order valence-electron chi connectivity index (χ3n) is 4.78. The van der Waals surface area contributed by atoms with Gasteiger partial charge in [-0.1, -0.05) is 27.2 Å². The van der Waals surface area contributed by atoms with Gasteiger partial charge in [-0.15, -0.1) is 0 Å². The first-order valence-electron chi connectivity index (χ1n) is 7.48. The van der Waals surface area contributed by atoms with Gasteiger partial charge in [-0.25, -0.2) is 0 Å². The maximum Gasteiger partial charge on any atom is 0.00482 e. The van der Waals surface area contributed by atoms with E-state index < -0.39 is 0 Å². The van der Waals surface area contributed by atoms with Gasteiger partial charge < -0.3 is 10.2 Å². The van der Waals surface area contributed by atoms with Crippen molar-refractivity contribution in [2.24, 2.45) is 10.8 Å². The van der Waals surface area contributed by atoms with E-state index in [0.29, 0.717) is 10.8 Å². The standard InChI is InChI=1S/C15H30N2/c1-4-6-14(2)7-5-10-17(12-14)13-15(3)8-9-16-11-15/h16H,4-13H2,1-3H3. The molecule has 2 nitrogen and oxygen atoms in total. The molecular formula is C15H30N2. The molecule has 2 unspecified atom stereocenters. The Morgan fingerprint density at radius 1 is 1.18 bits per heavy atom. The lowest BCUT2D eigenvalue weighted by Crippen LogP contribution is -2.46. The van der Waals surface area contributed by atoms with Crippen LogP contribution in [-0.2, 0) is 0 Å². The molecule has 0 aromatic heterocycles. The zero-order chi connectivity index (χ0) is 12.4. The van der Waals surface area contributed by atoms with Gasteiger partial charge in [0, 0.05) is 19.6 Å². The van der Waals surface area contributed by atoms with Crippen LogP contribution in [0.2, 0.25) is 0 Å². The van der Waals surface area contributed by atoms with E-state index in [0.717, 1.165) is 0 Å². The SMILES string of the molecule is CCCC1(C)CCCN(CC2(C)CCNC2)C1. The average molecular weight is 238 g/mol. The number of rotatable bonds is 4. The summed E-state index contributed by atoms with van der Waals surface area (Å²) in [7, 11) is 0. The molecule has 0 aromatic carbocycles. The Morgan fingerprint density at radius 2 is 2.00 bits per heavy atom. The largest absolute Gasteiger partial charge is 0.316 e. The Bertz CT molecular complexity index is 241. The van der Waals surface area contributed by atoms with Crippen LogP contribution < -0.4 is 5.32 Å². The topological polar surface area (TPSA) is 15.3 Å². The summed E-state index contributed by atoms with van der Waals surface area (Å²) in [4.78, 5) is 2.74. The van der Waals surface area contributed by atoms with Crippen molar-refractivity contribution in [2.45, 2.75) is 52.9 Å². The van der Waals surface area contributed by atoms with E-state index >= 15 is 0 Å². The van der Waals surface area contributed by atoms with Crippen molar-refractivity contribution < 1.29 is 0 Å². The van der Waals surface area contributed by atoms with Crippen LogP contribution in [0, 0.1) is 10.8 Å². The molecule has 2 saturated heterocycles. The summed E-state index contributed by atoms with van der Waals surface area (Å²) in [5.74, 6) is 0. The van der Waals surface area contributed by atoms with Gasteiger partial charge in [0.25, 0.3) is 0 Å². The molecule has 2 heteroatoms. The van der Waals surface area contributed by atoms with Crippen LogP contribution in [0.3, 0.4) is 0 Å². The van der Waals surface area contributed by atoms with Gasteiger partial charge in [-0.05, 0) is 49.6 Å². The number of nitrogens with one attached hydrogen (secondary N) is 1. The second-order valence-corrected chi connectivity index (χ2v) is 7.11. The lowest BCUT2D eigenvalue weighted by atomic mass is 9.77. The van der Waals surface area contributed by atoms with Gasteiger partial charge in [0.05, 0.1) is 0 Å². The minimum atomic E-state index is 0.532. The quantitative estimate of drug-likeness (QED) is 0.810. The second-order valence-electron chi connectivity index (χ2n) is 7.11. The molecule has 2 aliphatic rings. The molecule has 17 heavy (non-hydrogen) atoms. The third kappa shape index (κ3) is 3.45. The smallest absolute Gasteiger partial charge is 0.00482 e. The van der Waals surface area contributed by atoms with E-state index in [-0.39, 0.29) is 0 Å². The Kier molecular flexibility index (Phi) is 4.14. The number of nitrogens with zero attached hydrogens (tertiary/aromatic N) is 1. The normalized spacial score (nSPS) is 39.7. The van der Waals surface area contributed by atoms with Gasteiger partial charge in [0.1, 0.15) is 0 Å². The molecule has 0 bridgehead atoms. The van der Waals surface area contributed by atoms with Crippen LogP contribution in [0.5, 0.6) is 0 Å². The lowest BCUT2D eigenvalue weighted by Gasteiger charge is -2.43. The van der Waals surface area contributed by atoms with Crippen LogP contribution in [0.15, 0.2) is 0 Å². The fraction of sp³-hybridized carbons (Fsp3) is 1.00. The minimum absolute atomic E-state index is 0.532. The molecule has 0 amide bonds. The van der Waals surface area contributed by atoms with E-state index in [4.69, 9.17) is 0 Å². The van der Waals surface area contributed by atoms with E-state index in [2.05, 4.69) is 31.0 Å². The van der Waals surface area contributed by atoms with E-state index in [1.54, 1.807) is 0 Å². The molecule has 2 fully saturated rings. The molecule has 2 atom stereocenters. The number of hydrogen-bond donors (Lipinski definition) is 1. The molecule has 0 saturated carbocycles. The van der Waals surface area contributed by atoms with Gasteiger partial charge in [0.15, 0.2) is 0 Å². The molecular weight excluding hydrogens is 208 g/mol. The van der Waals surface area contributed by atoms with E-state index in [1.807, 2.05) is 0 Å².